The summed E-state index contributed by atoms with van der Waals surface area (Å²) in [5, 5.41) is 3.00. The van der Waals surface area contributed by atoms with Crippen LogP contribution in [-0.2, 0) is 4.79 Å². The molecule has 0 spiro atoms. The molecule has 0 saturated heterocycles. The van der Waals surface area contributed by atoms with Crippen LogP contribution in [0.5, 0.6) is 5.75 Å². The van der Waals surface area contributed by atoms with E-state index in [1.54, 1.807) is 0 Å². The number of amides is 1. The van der Waals surface area contributed by atoms with Crippen LogP contribution in [0.2, 0.25) is 0 Å². The van der Waals surface area contributed by atoms with Crippen LogP contribution in [0.15, 0.2) is 18.2 Å². The van der Waals surface area contributed by atoms with E-state index < -0.39 is 5.41 Å². The topological polar surface area (TPSA) is 64.3 Å². The fourth-order valence-electron chi connectivity index (χ4n) is 2.24. The molecule has 0 radical (unpaired) electrons. The standard InChI is InChI=1S/C16H26N2O2/c1-5-16(6-2,11-17)15(19)18-14-9-8-13(20-7-3)10-12(14)4/h8-10H,5-7,11,17H2,1-4H3,(H,18,19). The molecule has 0 saturated carbocycles. The van der Waals surface area contributed by atoms with Crippen LogP contribution in [0.4, 0.5) is 5.69 Å². The van der Waals surface area contributed by atoms with Gasteiger partial charge in [-0.05, 0) is 50.5 Å². The zero-order chi connectivity index (χ0) is 15.2. The highest BCUT2D eigenvalue weighted by atomic mass is 16.5. The first-order valence-electron chi connectivity index (χ1n) is 7.28. The Bertz CT molecular complexity index is 446. The van der Waals surface area contributed by atoms with Crippen LogP contribution in [0.25, 0.3) is 0 Å². The van der Waals surface area contributed by atoms with Gasteiger partial charge in [-0.2, -0.15) is 0 Å². The minimum atomic E-state index is -0.481. The number of carbonyl (C=O) groups excluding carboxylic acids is 1. The number of aryl methyl sites for hydroxylation is 1. The maximum atomic E-state index is 12.5. The number of ether oxygens (including phenoxy) is 1. The Balaban J connectivity index is 2.90. The maximum absolute atomic E-state index is 12.5. The van der Waals surface area contributed by atoms with Crippen molar-refractivity contribution in [2.24, 2.45) is 11.1 Å². The van der Waals surface area contributed by atoms with Gasteiger partial charge < -0.3 is 15.8 Å². The molecule has 0 heterocycles. The van der Waals surface area contributed by atoms with Gasteiger partial charge in [0.2, 0.25) is 5.91 Å². The molecule has 20 heavy (non-hydrogen) atoms. The summed E-state index contributed by atoms with van der Waals surface area (Å²) in [5.74, 6) is 0.816. The van der Waals surface area contributed by atoms with E-state index in [1.165, 1.54) is 0 Å². The number of benzene rings is 1. The molecule has 112 valence electrons. The van der Waals surface area contributed by atoms with Crippen molar-refractivity contribution in [2.75, 3.05) is 18.5 Å². The summed E-state index contributed by atoms with van der Waals surface area (Å²) in [5.41, 5.74) is 7.13. The molecule has 4 nitrogen and oxygen atoms in total. The van der Waals surface area contributed by atoms with Crippen molar-refractivity contribution in [3.05, 3.63) is 23.8 Å². The summed E-state index contributed by atoms with van der Waals surface area (Å²) in [6.07, 6.45) is 1.48. The second-order valence-corrected chi connectivity index (χ2v) is 5.06. The zero-order valence-electron chi connectivity index (χ0n) is 13.0. The van der Waals surface area contributed by atoms with E-state index in [9.17, 15) is 4.79 Å². The average molecular weight is 278 g/mol. The molecule has 1 aromatic rings. The molecule has 0 aliphatic rings. The maximum Gasteiger partial charge on any atom is 0.231 e. The summed E-state index contributed by atoms with van der Waals surface area (Å²) >= 11 is 0. The van der Waals surface area contributed by atoms with Crippen LogP contribution < -0.4 is 15.8 Å². The highest BCUT2D eigenvalue weighted by Crippen LogP contribution is 2.28. The van der Waals surface area contributed by atoms with E-state index in [-0.39, 0.29) is 5.91 Å². The predicted molar refractivity (Wildman–Crippen MR) is 83.0 cm³/mol. The largest absolute Gasteiger partial charge is 0.494 e. The smallest absolute Gasteiger partial charge is 0.231 e. The number of anilines is 1. The minimum absolute atomic E-state index is 0.00254. The molecule has 0 unspecified atom stereocenters. The zero-order valence-corrected chi connectivity index (χ0v) is 13.0. The molecular formula is C16H26N2O2. The second-order valence-electron chi connectivity index (χ2n) is 5.06. The van der Waals surface area contributed by atoms with Crippen LogP contribution >= 0.6 is 0 Å². The van der Waals surface area contributed by atoms with Crippen LogP contribution in [-0.4, -0.2) is 19.1 Å². The average Bonchev–Trinajstić information content (AvgIpc) is 2.45. The summed E-state index contributed by atoms with van der Waals surface area (Å²) < 4.78 is 5.44. The first-order chi connectivity index (χ1) is 9.52. The third kappa shape index (κ3) is 3.51. The molecule has 1 rings (SSSR count). The summed E-state index contributed by atoms with van der Waals surface area (Å²) in [6.45, 7) is 8.90. The summed E-state index contributed by atoms with van der Waals surface area (Å²) in [4.78, 5) is 12.5. The molecular weight excluding hydrogens is 252 g/mol. The van der Waals surface area contributed by atoms with Gasteiger partial charge in [0, 0.05) is 12.2 Å². The first kappa shape index (κ1) is 16.5. The third-order valence-electron chi connectivity index (χ3n) is 3.98. The highest BCUT2D eigenvalue weighted by molar-refractivity contribution is 5.96. The third-order valence-corrected chi connectivity index (χ3v) is 3.98. The van der Waals surface area contributed by atoms with E-state index in [1.807, 2.05) is 45.9 Å². The fourth-order valence-corrected chi connectivity index (χ4v) is 2.24. The molecule has 0 aromatic heterocycles. The Hall–Kier alpha value is -1.55. The van der Waals surface area contributed by atoms with Crippen molar-refractivity contribution in [3.8, 4) is 5.75 Å². The van der Waals surface area contributed by atoms with E-state index in [0.717, 1.165) is 29.8 Å². The number of hydrogen-bond donors (Lipinski definition) is 2. The lowest BCUT2D eigenvalue weighted by molar-refractivity contribution is -0.125. The highest BCUT2D eigenvalue weighted by Gasteiger charge is 2.33. The molecule has 0 fully saturated rings. The van der Waals surface area contributed by atoms with Gasteiger partial charge in [0.1, 0.15) is 5.75 Å². The Labute approximate surface area is 121 Å². The lowest BCUT2D eigenvalue weighted by atomic mass is 9.81. The second kappa shape index (κ2) is 7.29. The predicted octanol–water partition coefficient (Wildman–Crippen LogP) is 3.10. The fraction of sp³-hybridized carbons (Fsp3) is 0.562. The van der Waals surface area contributed by atoms with Crippen molar-refractivity contribution in [1.82, 2.24) is 0 Å². The number of rotatable bonds is 7. The molecule has 3 N–H and O–H groups in total. The van der Waals surface area contributed by atoms with E-state index in [2.05, 4.69) is 5.32 Å². The SMILES string of the molecule is CCOc1ccc(NC(=O)C(CC)(CC)CN)c(C)c1. The molecule has 0 aliphatic heterocycles. The number of nitrogens with two attached hydrogens (primary N) is 1. The summed E-state index contributed by atoms with van der Waals surface area (Å²) in [6, 6.07) is 5.68. The molecule has 0 bridgehead atoms. The number of nitrogens with one attached hydrogen (secondary N) is 1. The van der Waals surface area contributed by atoms with E-state index >= 15 is 0 Å². The van der Waals surface area contributed by atoms with Gasteiger partial charge in [-0.1, -0.05) is 13.8 Å². The molecule has 0 aliphatic carbocycles. The van der Waals surface area contributed by atoms with Gasteiger partial charge in [0.05, 0.1) is 12.0 Å². The normalized spacial score (nSPS) is 11.2. The monoisotopic (exact) mass is 278 g/mol. The van der Waals surface area contributed by atoms with Crippen molar-refractivity contribution < 1.29 is 9.53 Å². The van der Waals surface area contributed by atoms with Gasteiger partial charge >= 0.3 is 0 Å². The van der Waals surface area contributed by atoms with E-state index in [4.69, 9.17) is 10.5 Å². The lowest BCUT2D eigenvalue weighted by Gasteiger charge is -2.28. The van der Waals surface area contributed by atoms with Crippen LogP contribution in [0, 0.1) is 12.3 Å². The van der Waals surface area contributed by atoms with Gasteiger partial charge in [-0.25, -0.2) is 0 Å². The summed E-state index contributed by atoms with van der Waals surface area (Å²) in [7, 11) is 0. The van der Waals surface area contributed by atoms with Gasteiger partial charge in [-0.15, -0.1) is 0 Å². The molecule has 0 atom stereocenters. The Morgan fingerprint density at radius 1 is 1.30 bits per heavy atom. The van der Waals surface area contributed by atoms with Gasteiger partial charge in [-0.3, -0.25) is 4.79 Å². The van der Waals surface area contributed by atoms with Crippen LogP contribution in [0.3, 0.4) is 0 Å². The van der Waals surface area contributed by atoms with Crippen molar-refractivity contribution in [2.45, 2.75) is 40.5 Å². The van der Waals surface area contributed by atoms with Crippen molar-refractivity contribution in [1.29, 1.82) is 0 Å². The molecule has 1 aromatic carbocycles. The minimum Gasteiger partial charge on any atom is -0.494 e. The Kier molecular flexibility index (Phi) is 6.02. The number of carbonyl (C=O) groups is 1. The Morgan fingerprint density at radius 3 is 2.40 bits per heavy atom. The quantitative estimate of drug-likeness (QED) is 0.805. The Morgan fingerprint density at radius 2 is 1.95 bits per heavy atom. The van der Waals surface area contributed by atoms with Gasteiger partial charge in [0.15, 0.2) is 0 Å². The lowest BCUT2D eigenvalue weighted by Crippen LogP contribution is -2.41. The van der Waals surface area contributed by atoms with Gasteiger partial charge in [0.25, 0.3) is 0 Å². The van der Waals surface area contributed by atoms with Crippen LogP contribution in [0.1, 0.15) is 39.2 Å². The van der Waals surface area contributed by atoms with E-state index in [0.29, 0.717) is 13.2 Å². The first-order valence-corrected chi connectivity index (χ1v) is 7.28. The molecule has 4 heteroatoms. The molecule has 1 amide bonds. The number of hydrogen-bond acceptors (Lipinski definition) is 3. The van der Waals surface area contributed by atoms with Crippen molar-refractivity contribution in [3.63, 3.8) is 0 Å². The van der Waals surface area contributed by atoms with Crippen molar-refractivity contribution >= 4 is 11.6 Å².